The highest BCUT2D eigenvalue weighted by Gasteiger charge is 2.26. The van der Waals surface area contributed by atoms with Crippen molar-refractivity contribution in [2.45, 2.75) is 32.8 Å². The number of amides is 1. The van der Waals surface area contributed by atoms with Gasteiger partial charge in [-0.25, -0.2) is 0 Å². The Hall–Kier alpha value is -3.40. The molecular weight excluding hydrogens is 358 g/mol. The van der Waals surface area contributed by atoms with Gasteiger partial charge in [0.1, 0.15) is 11.6 Å². The number of aromatic amines is 1. The maximum Gasteiger partial charge on any atom is 0.307 e. The number of rotatable bonds is 6. The van der Waals surface area contributed by atoms with Crippen molar-refractivity contribution in [3.63, 3.8) is 0 Å². The number of pyridine rings is 1. The van der Waals surface area contributed by atoms with E-state index in [4.69, 9.17) is 10.00 Å². The Morgan fingerprint density at radius 3 is 2.43 bits per heavy atom. The van der Waals surface area contributed by atoms with E-state index in [0.717, 1.165) is 5.56 Å². The van der Waals surface area contributed by atoms with Crippen molar-refractivity contribution in [1.29, 1.82) is 5.26 Å². The van der Waals surface area contributed by atoms with Gasteiger partial charge in [0, 0.05) is 31.8 Å². The number of H-pyrrole nitrogens is 1. The van der Waals surface area contributed by atoms with Crippen LogP contribution in [0.4, 0.5) is 0 Å². The maximum atomic E-state index is 12.5. The lowest BCUT2D eigenvalue weighted by molar-refractivity contribution is -0.159. The largest absolute Gasteiger partial charge is 0.447 e. The Morgan fingerprint density at radius 2 is 1.86 bits per heavy atom. The van der Waals surface area contributed by atoms with Crippen LogP contribution in [0, 0.1) is 25.2 Å². The van der Waals surface area contributed by atoms with Gasteiger partial charge in [-0.1, -0.05) is 30.3 Å². The van der Waals surface area contributed by atoms with E-state index in [-0.39, 0.29) is 17.9 Å². The first-order valence-corrected chi connectivity index (χ1v) is 8.84. The molecule has 0 aliphatic rings. The van der Waals surface area contributed by atoms with Crippen molar-refractivity contribution in [2.75, 3.05) is 14.1 Å². The van der Waals surface area contributed by atoms with Gasteiger partial charge in [0.25, 0.3) is 11.5 Å². The number of esters is 1. The molecule has 0 saturated heterocycles. The first kappa shape index (κ1) is 20.9. The summed E-state index contributed by atoms with van der Waals surface area (Å²) in [5, 5.41) is 9.15. The fourth-order valence-electron chi connectivity index (χ4n) is 2.96. The van der Waals surface area contributed by atoms with E-state index >= 15 is 0 Å². The van der Waals surface area contributed by atoms with E-state index in [9.17, 15) is 14.4 Å². The molecule has 1 aromatic carbocycles. The second-order valence-electron chi connectivity index (χ2n) is 6.68. The zero-order chi connectivity index (χ0) is 20.8. The number of hydrogen-bond acceptors (Lipinski definition) is 5. The number of likely N-dealkylation sites (N-methyl/N-ethyl adjacent to an activating group) is 1. The van der Waals surface area contributed by atoms with Crippen LogP contribution >= 0.6 is 0 Å². The SMILES string of the molecule is Cc1[nH]c(=O)c(C#N)c(C)c1CCC(=O)O[C@@H](C(=O)N(C)C)c1ccccc1. The first-order chi connectivity index (χ1) is 13.3. The Bertz CT molecular complexity index is 972. The molecule has 1 aromatic heterocycles. The molecule has 1 amide bonds. The lowest BCUT2D eigenvalue weighted by Crippen LogP contribution is -2.31. The summed E-state index contributed by atoms with van der Waals surface area (Å²) in [5.41, 5.74) is 2.09. The molecule has 1 atom stereocenters. The predicted octanol–water partition coefficient (Wildman–Crippen LogP) is 2.17. The molecule has 1 N–H and O–H groups in total. The van der Waals surface area contributed by atoms with Crippen molar-refractivity contribution in [3.8, 4) is 6.07 Å². The predicted molar refractivity (Wildman–Crippen MR) is 104 cm³/mol. The zero-order valence-electron chi connectivity index (χ0n) is 16.4. The number of benzene rings is 1. The lowest BCUT2D eigenvalue weighted by Gasteiger charge is -2.21. The van der Waals surface area contributed by atoms with Crippen LogP contribution in [0.1, 0.15) is 40.5 Å². The summed E-state index contributed by atoms with van der Waals surface area (Å²) in [6.07, 6.45) is -0.710. The highest BCUT2D eigenvalue weighted by Crippen LogP contribution is 2.21. The second kappa shape index (κ2) is 9.00. The number of carbonyl (C=O) groups excluding carboxylic acids is 2. The standard InChI is InChI=1S/C21H23N3O4/c1-13-16(14(2)23-20(26)17(13)12-22)10-11-18(25)28-19(21(27)24(3)4)15-8-6-5-7-9-15/h5-9,19H,10-11H2,1-4H3,(H,23,26)/t19-/m1/s1. The molecule has 2 rings (SSSR count). The Kier molecular flexibility index (Phi) is 6.72. The van der Waals surface area contributed by atoms with E-state index in [0.29, 0.717) is 23.2 Å². The van der Waals surface area contributed by atoms with Crippen LogP contribution in [0.3, 0.4) is 0 Å². The smallest absolute Gasteiger partial charge is 0.307 e. The molecule has 0 aliphatic heterocycles. The third-order valence-electron chi connectivity index (χ3n) is 4.52. The molecule has 2 aromatic rings. The molecule has 0 bridgehead atoms. The van der Waals surface area contributed by atoms with Crippen LogP contribution in [-0.4, -0.2) is 35.9 Å². The number of carbonyl (C=O) groups is 2. The van der Waals surface area contributed by atoms with Gasteiger partial charge in [-0.05, 0) is 31.4 Å². The number of ether oxygens (including phenoxy) is 1. The summed E-state index contributed by atoms with van der Waals surface area (Å²) >= 11 is 0. The zero-order valence-corrected chi connectivity index (χ0v) is 16.4. The Balaban J connectivity index is 2.18. The Morgan fingerprint density at radius 1 is 1.21 bits per heavy atom. The van der Waals surface area contributed by atoms with Gasteiger partial charge in [-0.2, -0.15) is 5.26 Å². The third-order valence-corrected chi connectivity index (χ3v) is 4.52. The van der Waals surface area contributed by atoms with Crippen molar-refractivity contribution >= 4 is 11.9 Å². The molecule has 146 valence electrons. The number of nitrogens with one attached hydrogen (secondary N) is 1. The van der Waals surface area contributed by atoms with Crippen LogP contribution in [0.2, 0.25) is 0 Å². The molecule has 0 radical (unpaired) electrons. The van der Waals surface area contributed by atoms with Gasteiger partial charge in [-0.15, -0.1) is 0 Å². The maximum absolute atomic E-state index is 12.5. The first-order valence-electron chi connectivity index (χ1n) is 8.84. The molecule has 0 spiro atoms. The number of aromatic nitrogens is 1. The van der Waals surface area contributed by atoms with Crippen molar-refractivity contribution in [1.82, 2.24) is 9.88 Å². The summed E-state index contributed by atoms with van der Waals surface area (Å²) < 4.78 is 5.47. The van der Waals surface area contributed by atoms with Gasteiger partial charge in [0.15, 0.2) is 0 Å². The van der Waals surface area contributed by atoms with Crippen molar-refractivity contribution in [3.05, 3.63) is 68.6 Å². The number of nitriles is 1. The van der Waals surface area contributed by atoms with E-state index in [1.807, 2.05) is 12.1 Å². The van der Waals surface area contributed by atoms with Gasteiger partial charge in [0.05, 0.1) is 0 Å². The van der Waals surface area contributed by atoms with Crippen molar-refractivity contribution in [2.24, 2.45) is 0 Å². The van der Waals surface area contributed by atoms with Gasteiger partial charge in [0.2, 0.25) is 6.10 Å². The normalized spacial score (nSPS) is 11.4. The number of aryl methyl sites for hydroxylation is 1. The quantitative estimate of drug-likeness (QED) is 0.773. The highest BCUT2D eigenvalue weighted by atomic mass is 16.5. The second-order valence-corrected chi connectivity index (χ2v) is 6.68. The number of nitrogens with zero attached hydrogens (tertiary/aromatic N) is 2. The summed E-state index contributed by atoms with van der Waals surface area (Å²) in [7, 11) is 3.20. The molecule has 0 saturated carbocycles. The Labute approximate surface area is 163 Å². The topological polar surface area (TPSA) is 103 Å². The number of hydrogen-bond donors (Lipinski definition) is 1. The fraction of sp³-hybridized carbons (Fsp3) is 0.333. The molecule has 1 heterocycles. The molecule has 0 fully saturated rings. The van der Waals surface area contributed by atoms with Gasteiger partial charge in [-0.3, -0.25) is 14.4 Å². The fourth-order valence-corrected chi connectivity index (χ4v) is 2.96. The minimum Gasteiger partial charge on any atom is -0.447 e. The summed E-state index contributed by atoms with van der Waals surface area (Å²) in [4.78, 5) is 40.7. The van der Waals surface area contributed by atoms with E-state index in [2.05, 4.69) is 4.98 Å². The molecule has 7 heteroatoms. The van der Waals surface area contributed by atoms with Crippen LogP contribution in [0.5, 0.6) is 0 Å². The molecule has 7 nitrogen and oxygen atoms in total. The average molecular weight is 381 g/mol. The minimum atomic E-state index is -1.02. The average Bonchev–Trinajstić information content (AvgIpc) is 2.66. The van der Waals surface area contributed by atoms with E-state index in [1.54, 1.807) is 52.2 Å². The van der Waals surface area contributed by atoms with Crippen LogP contribution < -0.4 is 5.56 Å². The lowest BCUT2D eigenvalue weighted by atomic mass is 9.99. The summed E-state index contributed by atoms with van der Waals surface area (Å²) in [6, 6.07) is 10.7. The molecular formula is C21H23N3O4. The van der Waals surface area contributed by atoms with E-state index in [1.165, 1.54) is 4.90 Å². The minimum absolute atomic E-state index is 0.0165. The summed E-state index contributed by atoms with van der Waals surface area (Å²) in [5.74, 6) is -0.865. The van der Waals surface area contributed by atoms with Gasteiger partial charge < -0.3 is 14.6 Å². The van der Waals surface area contributed by atoms with E-state index < -0.39 is 17.6 Å². The van der Waals surface area contributed by atoms with Gasteiger partial charge >= 0.3 is 5.97 Å². The molecule has 0 aliphatic carbocycles. The molecule has 28 heavy (non-hydrogen) atoms. The molecule has 0 unspecified atom stereocenters. The third kappa shape index (κ3) is 4.65. The highest BCUT2D eigenvalue weighted by molar-refractivity contribution is 5.84. The van der Waals surface area contributed by atoms with Crippen molar-refractivity contribution < 1.29 is 14.3 Å². The van der Waals surface area contributed by atoms with Crippen LogP contribution in [0.25, 0.3) is 0 Å². The monoisotopic (exact) mass is 381 g/mol. The van der Waals surface area contributed by atoms with Crippen LogP contribution in [0.15, 0.2) is 35.1 Å². The summed E-state index contributed by atoms with van der Waals surface area (Å²) in [6.45, 7) is 3.41. The van der Waals surface area contributed by atoms with Crippen LogP contribution in [-0.2, 0) is 20.7 Å².